The van der Waals surface area contributed by atoms with E-state index in [-0.39, 0.29) is 24.3 Å². The Labute approximate surface area is 216 Å². The monoisotopic (exact) mass is 525 g/mol. The van der Waals surface area contributed by atoms with E-state index in [1.54, 1.807) is 32.0 Å². The quantitative estimate of drug-likeness (QED) is 0.486. The summed E-state index contributed by atoms with van der Waals surface area (Å²) >= 11 is 0. The fraction of sp³-hybridized carbons (Fsp3) is 0.385. The van der Waals surface area contributed by atoms with E-state index >= 15 is 0 Å². The van der Waals surface area contributed by atoms with Crippen molar-refractivity contribution in [3.05, 3.63) is 64.8 Å². The number of hydrogen-bond donors (Lipinski definition) is 1. The number of rotatable bonds is 5. The Balaban J connectivity index is 1.35. The lowest BCUT2D eigenvalue weighted by Crippen LogP contribution is -2.51. The lowest BCUT2D eigenvalue weighted by atomic mass is 9.75. The van der Waals surface area contributed by atoms with Crippen molar-refractivity contribution in [2.24, 2.45) is 0 Å². The highest BCUT2D eigenvalue weighted by Crippen LogP contribution is 2.38. The summed E-state index contributed by atoms with van der Waals surface area (Å²) in [5.41, 5.74) is 1.85. The van der Waals surface area contributed by atoms with E-state index in [1.807, 2.05) is 12.1 Å². The summed E-state index contributed by atoms with van der Waals surface area (Å²) in [6, 6.07) is 8.65. The number of halogens is 2. The number of aromatic nitrogens is 3. The van der Waals surface area contributed by atoms with Gasteiger partial charge < -0.3 is 14.4 Å². The first kappa shape index (κ1) is 25.4. The minimum Gasteiger partial charge on any atom is -0.465 e. The van der Waals surface area contributed by atoms with Gasteiger partial charge >= 0.3 is 12.5 Å². The molecule has 5 rings (SSSR count). The Bertz CT molecular complexity index is 1400. The Morgan fingerprint density at radius 2 is 1.89 bits per heavy atom. The first-order valence-corrected chi connectivity index (χ1v) is 12.1. The van der Waals surface area contributed by atoms with Crippen molar-refractivity contribution in [3.63, 3.8) is 0 Å². The van der Waals surface area contributed by atoms with Crippen LogP contribution in [0.15, 0.2) is 40.9 Å². The van der Waals surface area contributed by atoms with Gasteiger partial charge in [-0.2, -0.15) is 8.78 Å². The van der Waals surface area contributed by atoms with E-state index in [0.29, 0.717) is 48.3 Å². The van der Waals surface area contributed by atoms with Gasteiger partial charge in [-0.1, -0.05) is 12.1 Å². The third-order valence-electron chi connectivity index (χ3n) is 7.23. The minimum atomic E-state index is -2.88. The van der Waals surface area contributed by atoms with Crippen LogP contribution < -0.4 is 0 Å². The first-order valence-electron chi connectivity index (χ1n) is 12.1. The summed E-state index contributed by atoms with van der Waals surface area (Å²) in [7, 11) is 0. The van der Waals surface area contributed by atoms with E-state index in [9.17, 15) is 28.3 Å². The normalized spacial score (nSPS) is 17.7. The molecule has 1 saturated heterocycles. The molecule has 2 aromatic heterocycles. The molecular weight excluding hydrogens is 500 g/mol. The SMILES string of the molecule is CC1(C)C(=O)N(Cc2ccc(-c3nnc(C(F)F)o3)cn2)C(=O)c2ccc(C3CCN(C(=O)O)CC3)cc21. The van der Waals surface area contributed by atoms with Crippen LogP contribution in [-0.2, 0) is 16.8 Å². The molecule has 3 amide bonds. The minimum absolute atomic E-state index is 0.0671. The molecule has 0 saturated carbocycles. The molecule has 0 unspecified atom stereocenters. The maximum atomic E-state index is 13.5. The van der Waals surface area contributed by atoms with Crippen LogP contribution >= 0.6 is 0 Å². The van der Waals surface area contributed by atoms with E-state index in [0.717, 1.165) is 10.5 Å². The summed E-state index contributed by atoms with van der Waals surface area (Å²) in [5.74, 6) is -1.54. The van der Waals surface area contributed by atoms with E-state index in [1.165, 1.54) is 11.1 Å². The molecule has 0 bridgehead atoms. The highest BCUT2D eigenvalue weighted by atomic mass is 19.3. The molecule has 0 spiro atoms. The summed E-state index contributed by atoms with van der Waals surface area (Å²) in [6.45, 7) is 4.37. The molecule has 198 valence electrons. The number of carbonyl (C=O) groups is 3. The number of nitrogens with zero attached hydrogens (tertiary/aromatic N) is 5. The molecule has 1 fully saturated rings. The summed E-state index contributed by atoms with van der Waals surface area (Å²) < 4.78 is 30.4. The van der Waals surface area contributed by atoms with Crippen LogP contribution in [0.3, 0.4) is 0 Å². The molecule has 3 aromatic rings. The number of piperidine rings is 1. The van der Waals surface area contributed by atoms with Gasteiger partial charge in [-0.05, 0) is 61.9 Å². The number of amides is 3. The van der Waals surface area contributed by atoms with Gasteiger partial charge in [0.05, 0.1) is 23.2 Å². The number of hydrogen-bond acceptors (Lipinski definition) is 7. The molecular formula is C26H25F2N5O5. The number of fused-ring (bicyclic) bond motifs is 1. The van der Waals surface area contributed by atoms with Gasteiger partial charge in [0.15, 0.2) is 0 Å². The van der Waals surface area contributed by atoms with Gasteiger partial charge in [0.1, 0.15) is 0 Å². The standard InChI is InChI=1S/C26H25F2N5O5/c1-26(2)19-11-15(14-7-9-32(10-8-14)25(36)37)4-6-18(19)23(34)33(24(26)35)13-17-5-3-16(12-29-17)21-30-31-22(38-21)20(27)28/h3-6,11-12,14,20H,7-10,13H2,1-2H3,(H,36,37). The Morgan fingerprint density at radius 1 is 1.16 bits per heavy atom. The number of benzene rings is 1. The largest absolute Gasteiger partial charge is 0.465 e. The number of carboxylic acid groups (broad SMARTS) is 1. The van der Waals surface area contributed by atoms with Crippen LogP contribution in [0.4, 0.5) is 13.6 Å². The van der Waals surface area contributed by atoms with Gasteiger partial charge in [0.2, 0.25) is 11.8 Å². The third-order valence-corrected chi connectivity index (χ3v) is 7.23. The Morgan fingerprint density at radius 3 is 2.50 bits per heavy atom. The third kappa shape index (κ3) is 4.50. The molecule has 1 N–H and O–H groups in total. The van der Waals surface area contributed by atoms with Gasteiger partial charge in [0.25, 0.3) is 11.8 Å². The van der Waals surface area contributed by atoms with Crippen LogP contribution in [0, 0.1) is 0 Å². The van der Waals surface area contributed by atoms with Crippen molar-refractivity contribution >= 4 is 17.9 Å². The van der Waals surface area contributed by atoms with Crippen LogP contribution in [0.25, 0.3) is 11.5 Å². The maximum absolute atomic E-state index is 13.5. The fourth-order valence-electron chi connectivity index (χ4n) is 5.00. The molecule has 10 nitrogen and oxygen atoms in total. The van der Waals surface area contributed by atoms with Crippen LogP contribution in [0.2, 0.25) is 0 Å². The summed E-state index contributed by atoms with van der Waals surface area (Å²) in [4.78, 5) is 44.9. The van der Waals surface area contributed by atoms with Crippen LogP contribution in [-0.4, -0.2) is 61.1 Å². The maximum Gasteiger partial charge on any atom is 0.407 e. The molecule has 4 heterocycles. The number of carbonyl (C=O) groups excluding carboxylic acids is 2. The topological polar surface area (TPSA) is 130 Å². The van der Waals surface area contributed by atoms with Gasteiger partial charge in [-0.3, -0.25) is 19.5 Å². The number of imide groups is 1. The fourth-order valence-corrected chi connectivity index (χ4v) is 5.00. The smallest absolute Gasteiger partial charge is 0.407 e. The van der Waals surface area contributed by atoms with Crippen molar-refractivity contribution in [1.82, 2.24) is 25.0 Å². The van der Waals surface area contributed by atoms with Crippen molar-refractivity contribution in [2.45, 2.75) is 51.0 Å². The number of likely N-dealkylation sites (tertiary alicyclic amines) is 1. The van der Waals surface area contributed by atoms with E-state index in [2.05, 4.69) is 15.2 Å². The molecule has 0 atom stereocenters. The summed E-state index contributed by atoms with van der Waals surface area (Å²) in [5, 5.41) is 16.1. The second-order valence-corrected chi connectivity index (χ2v) is 9.95. The number of pyridine rings is 1. The lowest BCUT2D eigenvalue weighted by Gasteiger charge is -2.38. The average molecular weight is 526 g/mol. The van der Waals surface area contributed by atoms with Gasteiger partial charge in [-0.15, -0.1) is 10.2 Å². The zero-order valence-corrected chi connectivity index (χ0v) is 20.7. The molecule has 2 aliphatic heterocycles. The molecule has 0 radical (unpaired) electrons. The van der Waals surface area contributed by atoms with Crippen molar-refractivity contribution in [1.29, 1.82) is 0 Å². The van der Waals surface area contributed by atoms with Crippen molar-refractivity contribution in [3.8, 4) is 11.5 Å². The predicted octanol–water partition coefficient (Wildman–Crippen LogP) is 4.39. The Kier molecular flexibility index (Phi) is 6.41. The molecule has 0 aliphatic carbocycles. The predicted molar refractivity (Wildman–Crippen MR) is 128 cm³/mol. The number of alkyl halides is 2. The molecule has 38 heavy (non-hydrogen) atoms. The van der Waals surface area contributed by atoms with Crippen molar-refractivity contribution in [2.75, 3.05) is 13.1 Å². The molecule has 2 aliphatic rings. The highest BCUT2D eigenvalue weighted by Gasteiger charge is 2.45. The van der Waals surface area contributed by atoms with E-state index in [4.69, 9.17) is 4.42 Å². The summed E-state index contributed by atoms with van der Waals surface area (Å²) in [6.07, 6.45) is -1.10. The first-order chi connectivity index (χ1) is 18.1. The second-order valence-electron chi connectivity index (χ2n) is 9.95. The molecule has 12 heteroatoms. The molecule has 1 aromatic carbocycles. The van der Waals surface area contributed by atoms with Crippen LogP contribution in [0.1, 0.15) is 72.1 Å². The second kappa shape index (κ2) is 9.58. The van der Waals surface area contributed by atoms with E-state index < -0.39 is 29.7 Å². The van der Waals surface area contributed by atoms with Gasteiger partial charge in [0, 0.05) is 24.8 Å². The lowest BCUT2D eigenvalue weighted by molar-refractivity contribution is -0.134. The Hall–Kier alpha value is -4.22. The van der Waals surface area contributed by atoms with Crippen molar-refractivity contribution < 1.29 is 32.7 Å². The zero-order chi connectivity index (χ0) is 27.2. The average Bonchev–Trinajstić information content (AvgIpc) is 3.41. The van der Waals surface area contributed by atoms with Crippen LogP contribution in [0.5, 0.6) is 0 Å². The zero-order valence-electron chi connectivity index (χ0n) is 20.7. The highest BCUT2D eigenvalue weighted by molar-refractivity contribution is 6.12. The van der Waals surface area contributed by atoms with Gasteiger partial charge in [-0.25, -0.2) is 4.79 Å².